The predicted octanol–water partition coefficient (Wildman–Crippen LogP) is 4.92. The molecule has 1 aromatic heterocycles. The summed E-state index contributed by atoms with van der Waals surface area (Å²) in [4.78, 5) is 24.4. The van der Waals surface area contributed by atoms with Gasteiger partial charge in [-0.3, -0.25) is 9.59 Å². The number of rotatable bonds is 8. The minimum Gasteiger partial charge on any atom is -0.446 e. The zero-order valence-corrected chi connectivity index (χ0v) is 18.4. The van der Waals surface area contributed by atoms with E-state index in [9.17, 15) is 9.59 Å². The third-order valence-electron chi connectivity index (χ3n) is 4.31. The summed E-state index contributed by atoms with van der Waals surface area (Å²) < 4.78 is 5.31. The second-order valence-electron chi connectivity index (χ2n) is 7.16. The van der Waals surface area contributed by atoms with Crippen molar-refractivity contribution in [2.45, 2.75) is 13.8 Å². The standard InChI is InChI=1S/C26H24N4O3/c1-19(15-21-9-5-3-6-10-21)17-27-29-25(31)23-13-14-24(33-23)26(32)30-28-18-20(2)16-22-11-7-4-8-12-22/h3-18H,1-2H3,(H,29,31)(H,30,32)/b19-15+,20-16+,27-17-,28-18-. The minimum absolute atomic E-state index is 0.0360. The highest BCUT2D eigenvalue weighted by Gasteiger charge is 2.15. The summed E-state index contributed by atoms with van der Waals surface area (Å²) in [6.07, 6.45) is 6.92. The van der Waals surface area contributed by atoms with E-state index < -0.39 is 11.8 Å². The molecule has 1 heterocycles. The lowest BCUT2D eigenvalue weighted by molar-refractivity contribution is 0.0902. The van der Waals surface area contributed by atoms with E-state index in [-0.39, 0.29) is 11.5 Å². The Morgan fingerprint density at radius 3 is 1.45 bits per heavy atom. The van der Waals surface area contributed by atoms with E-state index in [2.05, 4.69) is 21.1 Å². The molecule has 2 aromatic carbocycles. The molecule has 0 aliphatic carbocycles. The van der Waals surface area contributed by atoms with Crippen LogP contribution in [0.1, 0.15) is 46.1 Å². The Morgan fingerprint density at radius 1 is 0.667 bits per heavy atom. The number of furan rings is 1. The third-order valence-corrected chi connectivity index (χ3v) is 4.31. The molecule has 0 aliphatic heterocycles. The first-order chi connectivity index (χ1) is 16.0. The molecule has 166 valence electrons. The monoisotopic (exact) mass is 440 g/mol. The van der Waals surface area contributed by atoms with Crippen LogP contribution in [-0.4, -0.2) is 24.2 Å². The lowest BCUT2D eigenvalue weighted by Crippen LogP contribution is -2.18. The van der Waals surface area contributed by atoms with Crippen LogP contribution in [0, 0.1) is 0 Å². The Kier molecular flexibility index (Phi) is 8.25. The fourth-order valence-electron chi connectivity index (χ4n) is 2.78. The molecule has 0 aliphatic rings. The Morgan fingerprint density at radius 2 is 1.06 bits per heavy atom. The van der Waals surface area contributed by atoms with Crippen LogP contribution in [0.5, 0.6) is 0 Å². The number of benzene rings is 2. The first-order valence-corrected chi connectivity index (χ1v) is 10.2. The molecule has 3 aromatic rings. The number of carbonyl (C=O) groups excluding carboxylic acids is 2. The fourth-order valence-corrected chi connectivity index (χ4v) is 2.78. The molecule has 0 bridgehead atoms. The van der Waals surface area contributed by atoms with Crippen LogP contribution in [0.2, 0.25) is 0 Å². The molecule has 33 heavy (non-hydrogen) atoms. The first kappa shape index (κ1) is 23.1. The van der Waals surface area contributed by atoms with Crippen molar-refractivity contribution >= 4 is 36.4 Å². The topological polar surface area (TPSA) is 96.1 Å². The summed E-state index contributed by atoms with van der Waals surface area (Å²) in [5.41, 5.74) is 8.53. The van der Waals surface area contributed by atoms with E-state index in [4.69, 9.17) is 4.42 Å². The van der Waals surface area contributed by atoms with Crippen molar-refractivity contribution in [3.8, 4) is 0 Å². The van der Waals surface area contributed by atoms with Gasteiger partial charge >= 0.3 is 11.8 Å². The van der Waals surface area contributed by atoms with Gasteiger partial charge in [0.05, 0.1) is 12.4 Å². The summed E-state index contributed by atoms with van der Waals surface area (Å²) in [7, 11) is 0. The normalized spacial score (nSPS) is 12.3. The SMILES string of the molecule is CC(/C=N\NC(=O)c1ccc(C(=O)N/N=C\C(C)=C\c2ccccc2)o1)=C\c1ccccc1. The molecule has 0 spiro atoms. The lowest BCUT2D eigenvalue weighted by atomic mass is 10.1. The number of amides is 2. The second-order valence-corrected chi connectivity index (χ2v) is 7.16. The first-order valence-electron chi connectivity index (χ1n) is 10.2. The van der Waals surface area contributed by atoms with Crippen molar-refractivity contribution in [2.24, 2.45) is 10.2 Å². The number of nitrogens with zero attached hydrogens (tertiary/aromatic N) is 2. The molecular weight excluding hydrogens is 416 g/mol. The van der Waals surface area contributed by atoms with Crippen LogP contribution < -0.4 is 10.9 Å². The highest BCUT2D eigenvalue weighted by molar-refractivity contribution is 5.96. The third kappa shape index (κ3) is 7.59. The Bertz CT molecular complexity index is 1110. The summed E-state index contributed by atoms with van der Waals surface area (Å²) in [5.74, 6) is -1.21. The van der Waals surface area contributed by atoms with Crippen molar-refractivity contribution in [1.82, 2.24) is 10.9 Å². The Labute approximate surface area is 192 Å². The molecule has 2 N–H and O–H groups in total. The molecule has 0 unspecified atom stereocenters. The van der Waals surface area contributed by atoms with Gasteiger partial charge in [0.15, 0.2) is 11.5 Å². The van der Waals surface area contributed by atoms with Gasteiger partial charge < -0.3 is 4.42 Å². The van der Waals surface area contributed by atoms with Crippen molar-refractivity contribution in [3.05, 3.63) is 107 Å². The number of hydrogen-bond donors (Lipinski definition) is 2. The second kappa shape index (κ2) is 11.8. The smallest absolute Gasteiger partial charge is 0.307 e. The molecular formula is C26H24N4O3. The van der Waals surface area contributed by atoms with Crippen LogP contribution in [0.3, 0.4) is 0 Å². The number of hydrazone groups is 2. The van der Waals surface area contributed by atoms with E-state index in [1.807, 2.05) is 86.7 Å². The van der Waals surface area contributed by atoms with Crippen molar-refractivity contribution < 1.29 is 14.0 Å². The molecule has 0 atom stereocenters. The van der Waals surface area contributed by atoms with Gasteiger partial charge in [-0.15, -0.1) is 0 Å². The van der Waals surface area contributed by atoms with Crippen molar-refractivity contribution in [2.75, 3.05) is 0 Å². The number of carbonyl (C=O) groups is 2. The average molecular weight is 441 g/mol. The van der Waals surface area contributed by atoms with Crippen LogP contribution in [-0.2, 0) is 0 Å². The van der Waals surface area contributed by atoms with Gasteiger partial charge in [-0.05, 0) is 48.3 Å². The van der Waals surface area contributed by atoms with E-state index in [0.717, 1.165) is 22.3 Å². The maximum absolute atomic E-state index is 12.2. The maximum Gasteiger partial charge on any atom is 0.307 e. The molecule has 0 saturated carbocycles. The van der Waals surface area contributed by atoms with Gasteiger partial charge in [0, 0.05) is 0 Å². The Hall–Kier alpha value is -4.52. The summed E-state index contributed by atoms with van der Waals surface area (Å²) in [6, 6.07) is 22.3. The van der Waals surface area contributed by atoms with E-state index in [0.29, 0.717) is 0 Å². The quantitative estimate of drug-likeness (QED) is 0.384. The van der Waals surface area contributed by atoms with Crippen molar-refractivity contribution in [1.29, 1.82) is 0 Å². The molecule has 7 nitrogen and oxygen atoms in total. The van der Waals surface area contributed by atoms with Crippen molar-refractivity contribution in [3.63, 3.8) is 0 Å². The zero-order chi connectivity index (χ0) is 23.5. The van der Waals surface area contributed by atoms with Gasteiger partial charge in [0.2, 0.25) is 0 Å². The van der Waals surface area contributed by atoms with E-state index in [1.54, 1.807) is 0 Å². The minimum atomic E-state index is -0.567. The molecule has 0 saturated heterocycles. The molecule has 7 heteroatoms. The van der Waals surface area contributed by atoms with Gasteiger partial charge in [-0.25, -0.2) is 10.9 Å². The summed E-state index contributed by atoms with van der Waals surface area (Å²) in [6.45, 7) is 3.74. The van der Waals surface area contributed by atoms with Gasteiger partial charge in [0.25, 0.3) is 0 Å². The highest BCUT2D eigenvalue weighted by Crippen LogP contribution is 2.09. The van der Waals surface area contributed by atoms with E-state index >= 15 is 0 Å². The van der Waals surface area contributed by atoms with Gasteiger partial charge in [0.1, 0.15) is 0 Å². The van der Waals surface area contributed by atoms with Crippen LogP contribution in [0.25, 0.3) is 12.2 Å². The number of allylic oxidation sites excluding steroid dienone is 2. The number of hydrogen-bond acceptors (Lipinski definition) is 5. The Balaban J connectivity index is 1.51. The highest BCUT2D eigenvalue weighted by atomic mass is 16.4. The lowest BCUT2D eigenvalue weighted by Gasteiger charge is -1.98. The van der Waals surface area contributed by atoms with Gasteiger partial charge in [-0.1, -0.05) is 72.8 Å². The fraction of sp³-hybridized carbons (Fsp3) is 0.0769. The molecule has 0 fully saturated rings. The summed E-state index contributed by atoms with van der Waals surface area (Å²) in [5, 5.41) is 7.84. The van der Waals surface area contributed by atoms with Crippen LogP contribution in [0.4, 0.5) is 0 Å². The van der Waals surface area contributed by atoms with Crippen LogP contribution >= 0.6 is 0 Å². The largest absolute Gasteiger partial charge is 0.446 e. The molecule has 3 rings (SSSR count). The van der Waals surface area contributed by atoms with Gasteiger partial charge in [-0.2, -0.15) is 10.2 Å². The predicted molar refractivity (Wildman–Crippen MR) is 131 cm³/mol. The zero-order valence-electron chi connectivity index (χ0n) is 18.4. The van der Waals surface area contributed by atoms with Crippen LogP contribution in [0.15, 0.2) is 98.6 Å². The van der Waals surface area contributed by atoms with E-state index in [1.165, 1.54) is 24.6 Å². The average Bonchev–Trinajstić information content (AvgIpc) is 3.31. The molecule has 2 amide bonds. The summed E-state index contributed by atoms with van der Waals surface area (Å²) >= 11 is 0. The maximum atomic E-state index is 12.2. The molecule has 0 radical (unpaired) electrons. The number of nitrogens with one attached hydrogen (secondary N) is 2.